The van der Waals surface area contributed by atoms with Crippen molar-refractivity contribution in [2.24, 2.45) is 0 Å². The largest absolute Gasteiger partial charge is 0.351 e. The zero-order chi connectivity index (χ0) is 17.5. The van der Waals surface area contributed by atoms with Gasteiger partial charge in [-0.1, -0.05) is 41.8 Å². The fraction of sp³-hybridized carbons (Fsp3) is 0.389. The molecule has 0 bridgehead atoms. The molecular formula is C18H23BrN4O. The number of hydrogen-bond acceptors (Lipinski definition) is 4. The second kappa shape index (κ2) is 8.78. The van der Waals surface area contributed by atoms with Crippen LogP contribution in [-0.2, 0) is 0 Å². The lowest BCUT2D eigenvalue weighted by Gasteiger charge is -2.10. The van der Waals surface area contributed by atoms with Crippen LogP contribution in [0.4, 0.5) is 11.6 Å². The quantitative estimate of drug-likeness (QED) is 0.681. The Hall–Kier alpha value is -1.95. The van der Waals surface area contributed by atoms with E-state index in [1.807, 2.05) is 32.0 Å². The van der Waals surface area contributed by atoms with Crippen LogP contribution in [0.5, 0.6) is 0 Å². The molecule has 0 spiro atoms. The smallest absolute Gasteiger partial charge is 0.270 e. The molecule has 0 fully saturated rings. The van der Waals surface area contributed by atoms with E-state index in [-0.39, 0.29) is 5.91 Å². The lowest BCUT2D eigenvalue weighted by atomic mass is 10.2. The minimum atomic E-state index is -0.162. The van der Waals surface area contributed by atoms with Gasteiger partial charge in [-0.2, -0.15) is 0 Å². The summed E-state index contributed by atoms with van der Waals surface area (Å²) < 4.78 is 1.01. The van der Waals surface area contributed by atoms with Crippen molar-refractivity contribution in [1.82, 2.24) is 15.3 Å². The average molecular weight is 391 g/mol. The highest BCUT2D eigenvalue weighted by Crippen LogP contribution is 2.22. The van der Waals surface area contributed by atoms with Gasteiger partial charge in [-0.3, -0.25) is 4.79 Å². The first-order chi connectivity index (χ1) is 11.5. The molecule has 128 valence electrons. The van der Waals surface area contributed by atoms with Gasteiger partial charge in [0.05, 0.1) is 0 Å². The van der Waals surface area contributed by atoms with E-state index in [0.29, 0.717) is 18.2 Å². The monoisotopic (exact) mass is 390 g/mol. The van der Waals surface area contributed by atoms with Gasteiger partial charge in [0.25, 0.3) is 5.91 Å². The van der Waals surface area contributed by atoms with Crippen LogP contribution in [0.15, 0.2) is 28.7 Å². The van der Waals surface area contributed by atoms with Crippen molar-refractivity contribution in [1.29, 1.82) is 0 Å². The number of carbonyl (C=O) groups is 1. The second-order valence-electron chi connectivity index (χ2n) is 5.77. The number of nitrogens with zero attached hydrogens (tertiary/aromatic N) is 2. The number of anilines is 2. The van der Waals surface area contributed by atoms with Crippen LogP contribution in [0, 0.1) is 13.8 Å². The van der Waals surface area contributed by atoms with Gasteiger partial charge in [0.1, 0.15) is 5.69 Å². The van der Waals surface area contributed by atoms with Crippen LogP contribution in [0.25, 0.3) is 0 Å². The van der Waals surface area contributed by atoms with E-state index in [9.17, 15) is 4.79 Å². The normalized spacial score (nSPS) is 10.5. The van der Waals surface area contributed by atoms with Crippen LogP contribution < -0.4 is 10.6 Å². The molecule has 2 rings (SSSR count). The molecule has 0 saturated carbocycles. The van der Waals surface area contributed by atoms with E-state index in [0.717, 1.165) is 40.7 Å². The first-order valence-electron chi connectivity index (χ1n) is 8.16. The predicted octanol–water partition coefficient (Wildman–Crippen LogP) is 4.52. The Morgan fingerprint density at radius 1 is 1.17 bits per heavy atom. The van der Waals surface area contributed by atoms with Gasteiger partial charge < -0.3 is 10.6 Å². The molecule has 2 N–H and O–H groups in total. The molecule has 2 aromatic rings. The molecule has 0 radical (unpaired) electrons. The Morgan fingerprint density at radius 2 is 1.96 bits per heavy atom. The van der Waals surface area contributed by atoms with Crippen molar-refractivity contribution in [2.75, 3.05) is 11.9 Å². The molecule has 0 saturated heterocycles. The van der Waals surface area contributed by atoms with Crippen LogP contribution in [-0.4, -0.2) is 22.4 Å². The maximum atomic E-state index is 12.2. The van der Waals surface area contributed by atoms with Gasteiger partial charge in [0.15, 0.2) is 0 Å². The zero-order valence-electron chi connectivity index (χ0n) is 14.3. The molecular weight excluding hydrogens is 368 g/mol. The van der Waals surface area contributed by atoms with Crippen molar-refractivity contribution in [3.8, 4) is 0 Å². The molecule has 0 aliphatic rings. The molecule has 1 amide bonds. The standard InChI is InChI=1S/C18H23BrN4O/c1-4-5-6-9-20-17(24)16-10-13(3)21-18(23-16)22-14-8-7-12(2)15(19)11-14/h7-8,10-11H,4-6,9H2,1-3H3,(H,20,24)(H,21,22,23). The number of rotatable bonds is 7. The highest BCUT2D eigenvalue weighted by Gasteiger charge is 2.10. The lowest BCUT2D eigenvalue weighted by Crippen LogP contribution is -2.25. The van der Waals surface area contributed by atoms with Crippen molar-refractivity contribution >= 4 is 33.5 Å². The van der Waals surface area contributed by atoms with Crippen molar-refractivity contribution in [3.05, 3.63) is 45.7 Å². The Labute approximate surface area is 151 Å². The number of nitrogens with one attached hydrogen (secondary N) is 2. The summed E-state index contributed by atoms with van der Waals surface area (Å²) in [6, 6.07) is 7.62. The van der Waals surface area contributed by atoms with Crippen molar-refractivity contribution in [3.63, 3.8) is 0 Å². The minimum absolute atomic E-state index is 0.162. The summed E-state index contributed by atoms with van der Waals surface area (Å²) >= 11 is 3.51. The zero-order valence-corrected chi connectivity index (χ0v) is 15.9. The number of halogens is 1. The van der Waals surface area contributed by atoms with Crippen molar-refractivity contribution in [2.45, 2.75) is 40.0 Å². The number of unbranched alkanes of at least 4 members (excludes halogenated alkanes) is 2. The third kappa shape index (κ3) is 5.30. The number of aromatic nitrogens is 2. The summed E-state index contributed by atoms with van der Waals surface area (Å²) in [5.74, 6) is 0.259. The minimum Gasteiger partial charge on any atom is -0.351 e. The molecule has 1 aromatic heterocycles. The molecule has 0 aliphatic carbocycles. The molecule has 1 aromatic carbocycles. The molecule has 0 aliphatic heterocycles. The fourth-order valence-electron chi connectivity index (χ4n) is 2.21. The van der Waals surface area contributed by atoms with Crippen LogP contribution in [0.1, 0.15) is 47.9 Å². The third-order valence-corrected chi connectivity index (χ3v) is 4.44. The summed E-state index contributed by atoms with van der Waals surface area (Å²) in [5, 5.41) is 6.06. The maximum absolute atomic E-state index is 12.2. The number of carbonyl (C=O) groups excluding carboxylic acids is 1. The topological polar surface area (TPSA) is 66.9 Å². The lowest BCUT2D eigenvalue weighted by molar-refractivity contribution is 0.0948. The molecule has 6 heteroatoms. The van der Waals surface area contributed by atoms with Gasteiger partial charge in [-0.25, -0.2) is 9.97 Å². The fourth-order valence-corrected chi connectivity index (χ4v) is 2.59. The summed E-state index contributed by atoms with van der Waals surface area (Å²) in [6.45, 7) is 6.68. The Kier molecular flexibility index (Phi) is 6.73. The number of amides is 1. The summed E-state index contributed by atoms with van der Waals surface area (Å²) in [7, 11) is 0. The Morgan fingerprint density at radius 3 is 2.67 bits per heavy atom. The highest BCUT2D eigenvalue weighted by molar-refractivity contribution is 9.10. The van der Waals surface area contributed by atoms with Gasteiger partial charge in [-0.05, 0) is 44.0 Å². The average Bonchev–Trinajstić information content (AvgIpc) is 2.54. The molecule has 5 nitrogen and oxygen atoms in total. The van der Waals surface area contributed by atoms with Gasteiger partial charge in [0.2, 0.25) is 5.95 Å². The van der Waals surface area contributed by atoms with Crippen LogP contribution in [0.3, 0.4) is 0 Å². The Bertz CT molecular complexity index is 718. The van der Waals surface area contributed by atoms with E-state index < -0.39 is 0 Å². The Balaban J connectivity index is 2.10. The third-order valence-electron chi connectivity index (χ3n) is 3.58. The number of aryl methyl sites for hydroxylation is 2. The SMILES string of the molecule is CCCCCNC(=O)c1cc(C)nc(Nc2ccc(C)c(Br)c2)n1. The molecule has 1 heterocycles. The van der Waals surface area contributed by atoms with E-state index in [4.69, 9.17) is 0 Å². The molecule has 0 atom stereocenters. The van der Waals surface area contributed by atoms with E-state index in [1.54, 1.807) is 6.07 Å². The first-order valence-corrected chi connectivity index (χ1v) is 8.96. The molecule has 0 unspecified atom stereocenters. The van der Waals surface area contributed by atoms with Crippen LogP contribution >= 0.6 is 15.9 Å². The van der Waals surface area contributed by atoms with E-state index >= 15 is 0 Å². The first kappa shape index (κ1) is 18.4. The summed E-state index contributed by atoms with van der Waals surface area (Å²) in [5.41, 5.74) is 3.15. The summed E-state index contributed by atoms with van der Waals surface area (Å²) in [6.07, 6.45) is 3.22. The van der Waals surface area contributed by atoms with Crippen LogP contribution in [0.2, 0.25) is 0 Å². The second-order valence-corrected chi connectivity index (χ2v) is 6.62. The van der Waals surface area contributed by atoms with E-state index in [2.05, 4.69) is 43.5 Å². The van der Waals surface area contributed by atoms with E-state index in [1.165, 1.54) is 0 Å². The molecule has 24 heavy (non-hydrogen) atoms. The highest BCUT2D eigenvalue weighted by atomic mass is 79.9. The van der Waals surface area contributed by atoms with Crippen molar-refractivity contribution < 1.29 is 4.79 Å². The maximum Gasteiger partial charge on any atom is 0.270 e. The summed E-state index contributed by atoms with van der Waals surface area (Å²) in [4.78, 5) is 20.9. The number of hydrogen-bond donors (Lipinski definition) is 2. The predicted molar refractivity (Wildman–Crippen MR) is 101 cm³/mol. The number of benzene rings is 1. The van der Waals surface area contributed by atoms with Gasteiger partial charge >= 0.3 is 0 Å². The van der Waals surface area contributed by atoms with Gasteiger partial charge in [-0.15, -0.1) is 0 Å². The van der Waals surface area contributed by atoms with Gasteiger partial charge in [0, 0.05) is 22.4 Å².